The molecule has 0 radical (unpaired) electrons. The van der Waals surface area contributed by atoms with Crippen molar-refractivity contribution < 1.29 is 9.59 Å². The van der Waals surface area contributed by atoms with Crippen LogP contribution in [0.2, 0.25) is 0 Å². The molecule has 1 unspecified atom stereocenters. The first-order chi connectivity index (χ1) is 9.88. The highest BCUT2D eigenvalue weighted by atomic mass is 79.9. The van der Waals surface area contributed by atoms with Gasteiger partial charge in [0.1, 0.15) is 0 Å². The molecule has 1 aromatic rings. The Kier molecular flexibility index (Phi) is 7.43. The fraction of sp³-hybridized carbons (Fsp3) is 0.500. The van der Waals surface area contributed by atoms with Crippen molar-refractivity contribution in [2.75, 3.05) is 6.54 Å². The van der Waals surface area contributed by atoms with Crippen LogP contribution in [0.15, 0.2) is 28.7 Å². The maximum Gasteiger partial charge on any atom is 0.251 e. The van der Waals surface area contributed by atoms with E-state index >= 15 is 0 Å². The van der Waals surface area contributed by atoms with Crippen molar-refractivity contribution in [3.8, 4) is 0 Å². The van der Waals surface area contributed by atoms with Crippen LogP contribution in [0.1, 0.15) is 44.0 Å². The van der Waals surface area contributed by atoms with Crippen molar-refractivity contribution in [1.82, 2.24) is 10.6 Å². The van der Waals surface area contributed by atoms with Gasteiger partial charge in [-0.15, -0.1) is 0 Å². The summed E-state index contributed by atoms with van der Waals surface area (Å²) in [5.41, 5.74) is 0.532. The molecule has 21 heavy (non-hydrogen) atoms. The highest BCUT2D eigenvalue weighted by molar-refractivity contribution is 9.10. The minimum absolute atomic E-state index is 0.00261. The van der Waals surface area contributed by atoms with Gasteiger partial charge in [0.05, 0.1) is 6.54 Å². The first-order valence-corrected chi connectivity index (χ1v) is 8.01. The van der Waals surface area contributed by atoms with Crippen molar-refractivity contribution in [3.63, 3.8) is 0 Å². The zero-order valence-electron chi connectivity index (χ0n) is 12.8. The van der Waals surface area contributed by atoms with E-state index in [1.807, 2.05) is 13.0 Å². The van der Waals surface area contributed by atoms with Crippen molar-refractivity contribution in [2.45, 2.75) is 39.7 Å². The normalized spacial score (nSPS) is 12.0. The van der Waals surface area contributed by atoms with E-state index < -0.39 is 0 Å². The fourth-order valence-electron chi connectivity index (χ4n) is 1.87. The molecule has 116 valence electrons. The molecule has 1 aromatic carbocycles. The van der Waals surface area contributed by atoms with Gasteiger partial charge < -0.3 is 10.6 Å². The summed E-state index contributed by atoms with van der Waals surface area (Å²) in [5.74, 6) is 0.219. The van der Waals surface area contributed by atoms with Gasteiger partial charge in [-0.2, -0.15) is 0 Å². The SMILES string of the molecule is CC(C)CCC(C)NC(=O)CNC(=O)c1cccc(Br)c1. The largest absolute Gasteiger partial charge is 0.352 e. The molecule has 0 saturated carbocycles. The Bertz CT molecular complexity index is 489. The van der Waals surface area contributed by atoms with E-state index in [4.69, 9.17) is 0 Å². The molecule has 4 nitrogen and oxygen atoms in total. The molecular weight excluding hydrogens is 332 g/mol. The molecule has 0 spiro atoms. The first kappa shape index (κ1) is 17.7. The Morgan fingerprint density at radius 1 is 1.19 bits per heavy atom. The van der Waals surface area contributed by atoms with Gasteiger partial charge in [-0.05, 0) is 43.9 Å². The van der Waals surface area contributed by atoms with Gasteiger partial charge in [0.2, 0.25) is 5.91 Å². The average molecular weight is 355 g/mol. The molecule has 0 aromatic heterocycles. The van der Waals surface area contributed by atoms with Gasteiger partial charge in [-0.1, -0.05) is 35.8 Å². The lowest BCUT2D eigenvalue weighted by Crippen LogP contribution is -2.41. The van der Waals surface area contributed by atoms with Crippen LogP contribution < -0.4 is 10.6 Å². The zero-order chi connectivity index (χ0) is 15.8. The van der Waals surface area contributed by atoms with Gasteiger partial charge in [0, 0.05) is 16.1 Å². The number of hydrogen-bond acceptors (Lipinski definition) is 2. The van der Waals surface area contributed by atoms with E-state index in [1.165, 1.54) is 0 Å². The lowest BCUT2D eigenvalue weighted by Gasteiger charge is -2.15. The molecule has 0 bridgehead atoms. The molecule has 0 aliphatic carbocycles. The van der Waals surface area contributed by atoms with Crippen molar-refractivity contribution in [2.24, 2.45) is 5.92 Å². The number of carbonyl (C=O) groups is 2. The van der Waals surface area contributed by atoms with Crippen LogP contribution in [0, 0.1) is 5.92 Å². The average Bonchev–Trinajstić information content (AvgIpc) is 2.42. The smallest absolute Gasteiger partial charge is 0.251 e. The lowest BCUT2D eigenvalue weighted by molar-refractivity contribution is -0.120. The highest BCUT2D eigenvalue weighted by Gasteiger charge is 2.11. The molecule has 2 N–H and O–H groups in total. The third-order valence-corrected chi connectivity index (χ3v) is 3.57. The van der Waals surface area contributed by atoms with Crippen LogP contribution in [-0.4, -0.2) is 24.4 Å². The molecule has 5 heteroatoms. The van der Waals surface area contributed by atoms with Gasteiger partial charge in [0.15, 0.2) is 0 Å². The second-order valence-corrected chi connectivity index (χ2v) is 6.55. The van der Waals surface area contributed by atoms with Crippen LogP contribution >= 0.6 is 15.9 Å². The Morgan fingerprint density at radius 3 is 2.52 bits per heavy atom. The number of carbonyl (C=O) groups excluding carboxylic acids is 2. The Labute approximate surface area is 134 Å². The number of nitrogens with one attached hydrogen (secondary N) is 2. The summed E-state index contributed by atoms with van der Waals surface area (Å²) in [6.45, 7) is 6.30. The van der Waals surface area contributed by atoms with Crippen LogP contribution in [0.4, 0.5) is 0 Å². The van der Waals surface area contributed by atoms with Crippen molar-refractivity contribution >= 4 is 27.7 Å². The molecule has 2 amide bonds. The van der Waals surface area contributed by atoms with Gasteiger partial charge in [-0.25, -0.2) is 0 Å². The van der Waals surface area contributed by atoms with Crippen LogP contribution in [0.25, 0.3) is 0 Å². The van der Waals surface area contributed by atoms with E-state index in [-0.39, 0.29) is 24.4 Å². The zero-order valence-corrected chi connectivity index (χ0v) is 14.4. The summed E-state index contributed by atoms with van der Waals surface area (Å²) in [6, 6.07) is 7.19. The van der Waals surface area contributed by atoms with E-state index in [0.29, 0.717) is 11.5 Å². The van der Waals surface area contributed by atoms with E-state index in [2.05, 4.69) is 40.4 Å². The topological polar surface area (TPSA) is 58.2 Å². The first-order valence-electron chi connectivity index (χ1n) is 7.21. The lowest BCUT2D eigenvalue weighted by atomic mass is 10.0. The van der Waals surface area contributed by atoms with Crippen LogP contribution in [-0.2, 0) is 4.79 Å². The molecule has 1 atom stereocenters. The third-order valence-electron chi connectivity index (χ3n) is 3.08. The monoisotopic (exact) mass is 354 g/mol. The number of amides is 2. The van der Waals surface area contributed by atoms with Gasteiger partial charge in [-0.3, -0.25) is 9.59 Å². The summed E-state index contributed by atoms with van der Waals surface area (Å²) in [6.07, 6.45) is 2.02. The fourth-order valence-corrected chi connectivity index (χ4v) is 2.27. The molecule has 0 saturated heterocycles. The van der Waals surface area contributed by atoms with Crippen LogP contribution in [0.3, 0.4) is 0 Å². The highest BCUT2D eigenvalue weighted by Crippen LogP contribution is 2.11. The minimum Gasteiger partial charge on any atom is -0.352 e. The van der Waals surface area contributed by atoms with E-state index in [9.17, 15) is 9.59 Å². The number of hydrogen-bond donors (Lipinski definition) is 2. The third kappa shape index (κ3) is 7.27. The maximum absolute atomic E-state index is 11.9. The summed E-state index contributed by atoms with van der Waals surface area (Å²) in [5, 5.41) is 5.51. The summed E-state index contributed by atoms with van der Waals surface area (Å²) >= 11 is 3.31. The van der Waals surface area contributed by atoms with E-state index in [1.54, 1.807) is 18.2 Å². The molecular formula is C16H23BrN2O2. The van der Waals surface area contributed by atoms with Gasteiger partial charge in [0.25, 0.3) is 5.91 Å². The maximum atomic E-state index is 11.9. The van der Waals surface area contributed by atoms with Crippen LogP contribution in [0.5, 0.6) is 0 Å². The Morgan fingerprint density at radius 2 is 1.90 bits per heavy atom. The number of rotatable bonds is 7. The van der Waals surface area contributed by atoms with Gasteiger partial charge >= 0.3 is 0 Å². The molecule has 1 rings (SSSR count). The summed E-state index contributed by atoms with van der Waals surface area (Å²) in [4.78, 5) is 23.7. The standard InChI is InChI=1S/C16H23BrN2O2/c1-11(2)7-8-12(3)19-15(20)10-18-16(21)13-5-4-6-14(17)9-13/h4-6,9,11-12H,7-8,10H2,1-3H3,(H,18,21)(H,19,20). The second-order valence-electron chi connectivity index (χ2n) is 5.63. The molecule has 0 aliphatic rings. The van der Waals surface area contributed by atoms with Crippen molar-refractivity contribution in [1.29, 1.82) is 0 Å². The predicted octanol–water partition coefficient (Wildman–Crippen LogP) is 3.12. The number of halogens is 1. The van der Waals surface area contributed by atoms with Crippen molar-refractivity contribution in [3.05, 3.63) is 34.3 Å². The summed E-state index contributed by atoms with van der Waals surface area (Å²) in [7, 11) is 0. The Hall–Kier alpha value is -1.36. The summed E-state index contributed by atoms with van der Waals surface area (Å²) < 4.78 is 0.835. The Balaban J connectivity index is 2.34. The number of benzene rings is 1. The second kappa shape index (κ2) is 8.82. The predicted molar refractivity (Wildman–Crippen MR) is 88.2 cm³/mol. The minimum atomic E-state index is -0.249. The molecule has 0 heterocycles. The molecule has 0 aliphatic heterocycles. The quantitative estimate of drug-likeness (QED) is 0.790. The molecule has 0 fully saturated rings. The van der Waals surface area contributed by atoms with E-state index in [0.717, 1.165) is 17.3 Å².